The number of hydrogen-bond donors (Lipinski definition) is 2. The number of benzene rings is 3. The van der Waals surface area contributed by atoms with Gasteiger partial charge in [0.25, 0.3) is 5.91 Å². The number of para-hydroxylation sites is 1. The molecule has 248 valence electrons. The average Bonchev–Trinajstić information content (AvgIpc) is 3.42. The van der Waals surface area contributed by atoms with E-state index < -0.39 is 64.2 Å². The first-order chi connectivity index (χ1) is 21.7. The molecule has 0 unspecified atom stereocenters. The highest BCUT2D eigenvalue weighted by molar-refractivity contribution is 7.89. The van der Waals surface area contributed by atoms with E-state index in [-0.39, 0.29) is 30.3 Å². The summed E-state index contributed by atoms with van der Waals surface area (Å²) in [7, 11) is -4.04. The number of carbonyl (C=O) groups is 2. The number of aryl methyl sites for hydroxylation is 1. The van der Waals surface area contributed by atoms with Crippen LogP contribution in [0.25, 0.3) is 0 Å². The lowest BCUT2D eigenvalue weighted by molar-refractivity contribution is -0.137. The van der Waals surface area contributed by atoms with Gasteiger partial charge < -0.3 is 15.2 Å². The fraction of sp³-hybridized carbons (Fsp3) is 0.394. The fourth-order valence-corrected chi connectivity index (χ4v) is 6.69. The van der Waals surface area contributed by atoms with Crippen LogP contribution < -0.4 is 10.2 Å². The third-order valence-corrected chi connectivity index (χ3v) is 9.80. The van der Waals surface area contributed by atoms with Gasteiger partial charge in [0.15, 0.2) is 6.10 Å². The van der Waals surface area contributed by atoms with Gasteiger partial charge in [-0.15, -0.1) is 0 Å². The van der Waals surface area contributed by atoms with Crippen LogP contribution in [0.5, 0.6) is 0 Å². The number of halogens is 3. The molecule has 0 aromatic heterocycles. The van der Waals surface area contributed by atoms with E-state index in [4.69, 9.17) is 4.74 Å². The summed E-state index contributed by atoms with van der Waals surface area (Å²) in [6.45, 7) is 4.93. The van der Waals surface area contributed by atoms with Crippen LogP contribution in [0.1, 0.15) is 37.0 Å². The molecule has 1 aliphatic heterocycles. The third kappa shape index (κ3) is 8.45. The Balaban J connectivity index is 1.58. The monoisotopic (exact) mass is 661 g/mol. The Hall–Kier alpha value is -3.94. The molecule has 2 N–H and O–H groups in total. The second-order valence-corrected chi connectivity index (χ2v) is 13.5. The lowest BCUT2D eigenvalue weighted by Gasteiger charge is -2.31. The highest BCUT2D eigenvalue weighted by Crippen LogP contribution is 2.38. The largest absolute Gasteiger partial charge is 0.434 e. The van der Waals surface area contributed by atoms with Gasteiger partial charge in [-0.05, 0) is 49.1 Å². The predicted octanol–water partition coefficient (Wildman–Crippen LogP) is 5.16. The van der Waals surface area contributed by atoms with E-state index in [0.717, 1.165) is 28.2 Å². The SMILES string of the molecule is CC[C@H](C)CN(C[C@@H](O)[C@H](Cc1ccccc1)NC(=O)[C@@H]1CN(c2ccccc2C(F)(F)F)C(=O)O1)S(=O)(=O)c1ccc(C)cc1. The topological polar surface area (TPSA) is 116 Å². The number of aliphatic hydroxyl groups excluding tert-OH is 1. The van der Waals surface area contributed by atoms with Crippen LogP contribution in [0.3, 0.4) is 0 Å². The second kappa shape index (κ2) is 14.7. The summed E-state index contributed by atoms with van der Waals surface area (Å²) in [6, 6.07) is 18.7. The molecule has 1 heterocycles. The molecule has 1 fully saturated rings. The number of aliphatic hydroxyl groups is 1. The van der Waals surface area contributed by atoms with Crippen LogP contribution in [0.15, 0.2) is 83.8 Å². The number of cyclic esters (lactones) is 1. The summed E-state index contributed by atoms with van der Waals surface area (Å²) in [5.74, 6) is -0.881. The summed E-state index contributed by atoms with van der Waals surface area (Å²) < 4.78 is 74.8. The lowest BCUT2D eigenvalue weighted by Crippen LogP contribution is -2.53. The van der Waals surface area contributed by atoms with Crippen molar-refractivity contribution in [2.24, 2.45) is 5.92 Å². The van der Waals surface area contributed by atoms with Gasteiger partial charge in [0.1, 0.15) is 0 Å². The minimum Gasteiger partial charge on any atom is -0.434 e. The van der Waals surface area contributed by atoms with Crippen LogP contribution in [0.2, 0.25) is 0 Å². The maximum atomic E-state index is 13.7. The molecule has 0 aliphatic carbocycles. The summed E-state index contributed by atoms with van der Waals surface area (Å²) in [5, 5.41) is 14.2. The smallest absolute Gasteiger partial charge is 0.418 e. The number of nitrogens with one attached hydrogen (secondary N) is 1. The van der Waals surface area contributed by atoms with Crippen LogP contribution in [0, 0.1) is 12.8 Å². The first-order valence-corrected chi connectivity index (χ1v) is 16.4. The molecule has 0 saturated carbocycles. The number of hydrogen-bond acceptors (Lipinski definition) is 6. The zero-order valence-electron chi connectivity index (χ0n) is 25.8. The molecular weight excluding hydrogens is 623 g/mol. The molecule has 9 nitrogen and oxygen atoms in total. The molecule has 13 heteroatoms. The first-order valence-electron chi connectivity index (χ1n) is 14.9. The van der Waals surface area contributed by atoms with E-state index in [1.54, 1.807) is 42.5 Å². The molecule has 0 spiro atoms. The second-order valence-electron chi connectivity index (χ2n) is 11.5. The Morgan fingerprint density at radius 1 is 1.04 bits per heavy atom. The number of ether oxygens (including phenoxy) is 1. The van der Waals surface area contributed by atoms with Crippen molar-refractivity contribution in [3.8, 4) is 0 Å². The Kier molecular flexibility index (Phi) is 11.1. The van der Waals surface area contributed by atoms with E-state index in [1.165, 1.54) is 28.6 Å². The molecule has 1 aliphatic rings. The van der Waals surface area contributed by atoms with Gasteiger partial charge >= 0.3 is 12.3 Å². The summed E-state index contributed by atoms with van der Waals surface area (Å²) >= 11 is 0. The van der Waals surface area contributed by atoms with E-state index in [2.05, 4.69) is 5.32 Å². The molecule has 4 atom stereocenters. The Morgan fingerprint density at radius 2 is 1.67 bits per heavy atom. The van der Waals surface area contributed by atoms with Crippen LogP contribution in [-0.2, 0) is 32.2 Å². The van der Waals surface area contributed by atoms with Gasteiger partial charge in [-0.2, -0.15) is 17.5 Å². The van der Waals surface area contributed by atoms with Gasteiger partial charge in [0.2, 0.25) is 10.0 Å². The Morgan fingerprint density at radius 3 is 2.30 bits per heavy atom. The predicted molar refractivity (Wildman–Crippen MR) is 167 cm³/mol. The number of carbonyl (C=O) groups excluding carboxylic acids is 2. The van der Waals surface area contributed by atoms with Crippen LogP contribution >= 0.6 is 0 Å². The number of nitrogens with zero attached hydrogens (tertiary/aromatic N) is 2. The zero-order valence-corrected chi connectivity index (χ0v) is 26.6. The van der Waals surface area contributed by atoms with Gasteiger partial charge in [-0.1, -0.05) is 80.4 Å². The van der Waals surface area contributed by atoms with Crippen LogP contribution in [-0.4, -0.2) is 67.7 Å². The van der Waals surface area contributed by atoms with E-state index in [0.29, 0.717) is 6.42 Å². The van der Waals surface area contributed by atoms with Crippen LogP contribution in [0.4, 0.5) is 23.7 Å². The standard InChI is InChI=1S/C33H38F3N3O6S/c1-4-22(2)19-38(46(43,44)25-16-14-23(3)15-17-25)20-29(40)27(18-24-10-6-5-7-11-24)37-31(41)30-21-39(32(42)45-30)28-13-9-8-12-26(28)33(34,35)36/h5-17,22,27,29-30,40H,4,18-21H2,1-3H3,(H,37,41)/t22-,27-,29+,30-/m0/s1. The third-order valence-electron chi connectivity index (χ3n) is 7.96. The molecule has 0 radical (unpaired) electrons. The lowest BCUT2D eigenvalue weighted by atomic mass is 10.0. The normalized spacial score (nSPS) is 17.4. The van der Waals surface area contributed by atoms with Crippen molar-refractivity contribution in [1.29, 1.82) is 0 Å². The minimum absolute atomic E-state index is 0.0435. The quantitative estimate of drug-likeness (QED) is 0.262. The average molecular weight is 662 g/mol. The molecule has 46 heavy (non-hydrogen) atoms. The maximum Gasteiger partial charge on any atom is 0.418 e. The molecule has 1 saturated heterocycles. The number of sulfonamides is 1. The van der Waals surface area contributed by atoms with Gasteiger partial charge in [0.05, 0.1) is 34.8 Å². The fourth-order valence-electron chi connectivity index (χ4n) is 5.11. The molecule has 4 rings (SSSR count). The Bertz CT molecular complexity index is 1600. The molecular formula is C33H38F3N3O6S. The number of anilines is 1. The van der Waals surface area contributed by atoms with Crippen molar-refractivity contribution < 1.29 is 41.0 Å². The highest BCUT2D eigenvalue weighted by Gasteiger charge is 2.43. The van der Waals surface area contributed by atoms with Crippen molar-refractivity contribution in [2.45, 2.75) is 62.9 Å². The minimum atomic E-state index is -4.75. The van der Waals surface area contributed by atoms with Crippen molar-refractivity contribution in [1.82, 2.24) is 9.62 Å². The summed E-state index contributed by atoms with van der Waals surface area (Å²) in [4.78, 5) is 26.9. The molecule has 2 amide bonds. The van der Waals surface area contributed by atoms with Gasteiger partial charge in [-0.3, -0.25) is 9.69 Å². The Labute approximate surface area is 267 Å². The van der Waals surface area contributed by atoms with Crippen molar-refractivity contribution in [2.75, 3.05) is 24.5 Å². The number of rotatable bonds is 13. The summed E-state index contributed by atoms with van der Waals surface area (Å²) in [6.07, 6.45) is -7.99. The zero-order chi connectivity index (χ0) is 33.6. The van der Waals surface area contributed by atoms with E-state index in [9.17, 15) is 36.3 Å². The summed E-state index contributed by atoms with van der Waals surface area (Å²) in [5.41, 5.74) is 0.108. The van der Waals surface area contributed by atoms with Gasteiger partial charge in [0, 0.05) is 13.1 Å². The van der Waals surface area contributed by atoms with E-state index in [1.807, 2.05) is 20.8 Å². The maximum absolute atomic E-state index is 13.7. The number of amides is 2. The van der Waals surface area contributed by atoms with Crippen molar-refractivity contribution >= 4 is 27.7 Å². The van der Waals surface area contributed by atoms with Crippen molar-refractivity contribution in [3.63, 3.8) is 0 Å². The highest BCUT2D eigenvalue weighted by atomic mass is 32.2. The first kappa shape index (κ1) is 34.9. The molecule has 0 bridgehead atoms. The molecule has 3 aromatic carbocycles. The van der Waals surface area contributed by atoms with Crippen molar-refractivity contribution in [3.05, 3.63) is 95.6 Å². The van der Waals surface area contributed by atoms with E-state index >= 15 is 0 Å². The van der Waals surface area contributed by atoms with Gasteiger partial charge in [-0.25, -0.2) is 13.2 Å². The molecule has 3 aromatic rings. The number of alkyl halides is 3.